The summed E-state index contributed by atoms with van der Waals surface area (Å²) < 4.78 is 0. The van der Waals surface area contributed by atoms with E-state index in [1.807, 2.05) is 0 Å². The summed E-state index contributed by atoms with van der Waals surface area (Å²) in [4.78, 5) is 0. The van der Waals surface area contributed by atoms with Crippen LogP contribution in [0.2, 0.25) is 10.4 Å². The Morgan fingerprint density at radius 2 is 1.60 bits per heavy atom. The van der Waals surface area contributed by atoms with Crippen LogP contribution in [0.3, 0.4) is 0 Å². The first-order valence-electron chi connectivity index (χ1n) is 2.13. The molecule has 0 amide bonds. The SMILES string of the molecule is C1CC[As]C1. The predicted molar refractivity (Wildman–Crippen MR) is 24.6 cm³/mol. The van der Waals surface area contributed by atoms with Gasteiger partial charge in [-0.1, -0.05) is 0 Å². The predicted octanol–water partition coefficient (Wildman–Crippen LogP) is 1.32. The molecule has 0 N–H and O–H groups in total. The molecule has 1 saturated heterocycles. The summed E-state index contributed by atoms with van der Waals surface area (Å²) in [5.41, 5.74) is 0. The third-order valence-corrected chi connectivity index (χ3v) is 3.54. The van der Waals surface area contributed by atoms with Crippen molar-refractivity contribution in [3.05, 3.63) is 0 Å². The number of rotatable bonds is 0. The van der Waals surface area contributed by atoms with Crippen molar-refractivity contribution in [2.45, 2.75) is 23.3 Å². The molecule has 1 aliphatic rings. The minimum absolute atomic E-state index is 0.854. The van der Waals surface area contributed by atoms with Gasteiger partial charge >= 0.3 is 39.0 Å². The average Bonchev–Trinajstić information content (AvgIpc) is 1.76. The molecule has 1 fully saturated rings. The fourth-order valence-electron chi connectivity index (χ4n) is 0.559. The van der Waals surface area contributed by atoms with E-state index in [-0.39, 0.29) is 0 Å². The molecule has 0 spiro atoms. The van der Waals surface area contributed by atoms with Crippen molar-refractivity contribution < 1.29 is 0 Å². The van der Waals surface area contributed by atoms with Crippen molar-refractivity contribution >= 4 is 15.8 Å². The third kappa shape index (κ3) is 0.966. The molecule has 0 nitrogen and oxygen atoms in total. The molecule has 29 valence electrons. The van der Waals surface area contributed by atoms with Crippen LogP contribution in [0.4, 0.5) is 0 Å². The van der Waals surface area contributed by atoms with E-state index in [1.165, 1.54) is 0 Å². The van der Waals surface area contributed by atoms with Crippen LogP contribution in [-0.2, 0) is 0 Å². The summed E-state index contributed by atoms with van der Waals surface area (Å²) in [6.45, 7) is 0. The normalized spacial score (nSPS) is 24.0. The second kappa shape index (κ2) is 1.87. The Morgan fingerprint density at radius 3 is 1.80 bits per heavy atom. The van der Waals surface area contributed by atoms with Gasteiger partial charge in [-0.25, -0.2) is 0 Å². The first-order valence-corrected chi connectivity index (χ1v) is 4.79. The van der Waals surface area contributed by atoms with Gasteiger partial charge < -0.3 is 0 Å². The first-order chi connectivity index (χ1) is 2.50. The molecule has 0 bridgehead atoms. The molecule has 1 heterocycles. The second-order valence-corrected chi connectivity index (χ2v) is 4.19. The van der Waals surface area contributed by atoms with Crippen LogP contribution in [0.1, 0.15) is 12.8 Å². The molecule has 0 aliphatic carbocycles. The molecule has 1 heteroatoms. The molecule has 1 radical (unpaired) electrons. The van der Waals surface area contributed by atoms with E-state index in [9.17, 15) is 0 Å². The second-order valence-electron chi connectivity index (χ2n) is 1.38. The molecule has 0 aromatic carbocycles. The van der Waals surface area contributed by atoms with Gasteiger partial charge in [0.15, 0.2) is 0 Å². The first kappa shape index (κ1) is 3.74. The monoisotopic (exact) mass is 131 g/mol. The maximum absolute atomic E-state index is 1.59. The van der Waals surface area contributed by atoms with Crippen molar-refractivity contribution in [3.63, 3.8) is 0 Å². The van der Waals surface area contributed by atoms with Gasteiger partial charge in [0, 0.05) is 0 Å². The standard InChI is InChI=1S/C4H8As/c1-2-4-5-3-1/h1-4H2. The summed E-state index contributed by atoms with van der Waals surface area (Å²) in [6, 6.07) is 0. The Labute approximate surface area is 39.6 Å². The van der Waals surface area contributed by atoms with Gasteiger partial charge in [0.25, 0.3) is 0 Å². The summed E-state index contributed by atoms with van der Waals surface area (Å²) >= 11 is 0.854. The molecule has 0 aromatic rings. The summed E-state index contributed by atoms with van der Waals surface area (Å²) in [7, 11) is 0. The van der Waals surface area contributed by atoms with Crippen molar-refractivity contribution in [2.75, 3.05) is 0 Å². The third-order valence-electron chi connectivity index (χ3n) is 0.882. The Morgan fingerprint density at radius 1 is 1.00 bits per heavy atom. The minimum atomic E-state index is 0.854. The molecule has 0 unspecified atom stereocenters. The Balaban J connectivity index is 2.08. The van der Waals surface area contributed by atoms with E-state index in [0.717, 1.165) is 15.8 Å². The maximum atomic E-state index is 1.59. The molecular formula is C4H8As. The summed E-state index contributed by atoms with van der Waals surface area (Å²) in [5, 5.41) is 3.19. The van der Waals surface area contributed by atoms with Gasteiger partial charge in [-0.2, -0.15) is 0 Å². The molecule has 0 saturated carbocycles. The van der Waals surface area contributed by atoms with Crippen LogP contribution in [0.5, 0.6) is 0 Å². The van der Waals surface area contributed by atoms with E-state index in [1.54, 1.807) is 23.3 Å². The van der Waals surface area contributed by atoms with E-state index >= 15 is 0 Å². The Hall–Kier alpha value is 0.558. The summed E-state index contributed by atoms with van der Waals surface area (Å²) in [6.07, 6.45) is 3.08. The van der Waals surface area contributed by atoms with E-state index in [0.29, 0.717) is 0 Å². The zero-order valence-corrected chi connectivity index (χ0v) is 5.15. The van der Waals surface area contributed by atoms with Crippen LogP contribution in [0.15, 0.2) is 0 Å². The molecular weight excluding hydrogens is 123 g/mol. The number of hydrogen-bond acceptors (Lipinski definition) is 0. The fraction of sp³-hybridized carbons (Fsp3) is 1.00. The van der Waals surface area contributed by atoms with Crippen molar-refractivity contribution in [3.8, 4) is 0 Å². The van der Waals surface area contributed by atoms with E-state index in [4.69, 9.17) is 0 Å². The average molecular weight is 131 g/mol. The van der Waals surface area contributed by atoms with Crippen LogP contribution in [0.25, 0.3) is 0 Å². The topological polar surface area (TPSA) is 0 Å². The quantitative estimate of drug-likeness (QED) is 0.435. The molecule has 1 aliphatic heterocycles. The van der Waals surface area contributed by atoms with E-state index < -0.39 is 0 Å². The summed E-state index contributed by atoms with van der Waals surface area (Å²) in [5.74, 6) is 0. The molecule has 0 aromatic heterocycles. The molecule has 5 heavy (non-hydrogen) atoms. The zero-order valence-electron chi connectivity index (χ0n) is 3.28. The van der Waals surface area contributed by atoms with Crippen molar-refractivity contribution in [2.24, 2.45) is 0 Å². The van der Waals surface area contributed by atoms with Gasteiger partial charge in [0.05, 0.1) is 0 Å². The van der Waals surface area contributed by atoms with Crippen LogP contribution in [-0.4, -0.2) is 15.8 Å². The zero-order chi connectivity index (χ0) is 3.54. The van der Waals surface area contributed by atoms with Crippen LogP contribution >= 0.6 is 0 Å². The molecule has 1 rings (SSSR count). The van der Waals surface area contributed by atoms with Crippen molar-refractivity contribution in [1.29, 1.82) is 0 Å². The van der Waals surface area contributed by atoms with Gasteiger partial charge in [0.2, 0.25) is 0 Å². The fourth-order valence-corrected chi connectivity index (χ4v) is 2.90. The van der Waals surface area contributed by atoms with Crippen molar-refractivity contribution in [1.82, 2.24) is 0 Å². The van der Waals surface area contributed by atoms with Gasteiger partial charge in [0.1, 0.15) is 0 Å². The van der Waals surface area contributed by atoms with Crippen LogP contribution in [0, 0.1) is 0 Å². The van der Waals surface area contributed by atoms with Gasteiger partial charge in [-0.3, -0.25) is 0 Å². The van der Waals surface area contributed by atoms with Gasteiger partial charge in [-0.05, 0) is 0 Å². The van der Waals surface area contributed by atoms with Crippen LogP contribution < -0.4 is 0 Å². The molecule has 0 atom stereocenters. The Bertz CT molecular complexity index is 15.2. The number of hydrogen-bond donors (Lipinski definition) is 0. The van der Waals surface area contributed by atoms with E-state index in [2.05, 4.69) is 0 Å². The van der Waals surface area contributed by atoms with Gasteiger partial charge in [-0.15, -0.1) is 0 Å². The Kier molecular flexibility index (Phi) is 1.40.